The van der Waals surface area contributed by atoms with Crippen molar-refractivity contribution in [1.82, 2.24) is 0 Å². The van der Waals surface area contributed by atoms with Crippen LogP contribution in [0.15, 0.2) is 83.5 Å². The van der Waals surface area contributed by atoms with E-state index in [-0.39, 0.29) is 16.9 Å². The number of hydrazone groups is 1. The summed E-state index contributed by atoms with van der Waals surface area (Å²) in [5.74, 6) is -0.106. The molecular weight excluding hydrogens is 454 g/mol. The molecule has 0 aromatic heterocycles. The van der Waals surface area contributed by atoms with Gasteiger partial charge in [-0.1, -0.05) is 54.9 Å². The maximum Gasteiger partial charge on any atom is 0.280 e. The Morgan fingerprint density at radius 2 is 1.66 bits per heavy atom. The van der Waals surface area contributed by atoms with Gasteiger partial charge in [0.25, 0.3) is 5.91 Å². The number of para-hydroxylation sites is 1. The fraction of sp³-hybridized carbons (Fsp3) is 0.267. The molecule has 3 aromatic carbocycles. The van der Waals surface area contributed by atoms with Crippen LogP contribution in [-0.4, -0.2) is 24.2 Å². The topological polar surface area (TPSA) is 35.9 Å². The van der Waals surface area contributed by atoms with Crippen LogP contribution in [0, 0.1) is 0 Å². The summed E-state index contributed by atoms with van der Waals surface area (Å²) in [5, 5.41) is 6.75. The molecule has 0 bridgehead atoms. The molecule has 35 heavy (non-hydrogen) atoms. The molecule has 1 unspecified atom stereocenters. The Kier molecular flexibility index (Phi) is 5.60. The zero-order valence-electron chi connectivity index (χ0n) is 20.8. The minimum absolute atomic E-state index is 0.0256. The van der Waals surface area contributed by atoms with Crippen LogP contribution in [0.25, 0.3) is 6.08 Å². The number of amides is 1. The Balaban J connectivity index is 1.59. The van der Waals surface area contributed by atoms with E-state index < -0.39 is 0 Å². The van der Waals surface area contributed by atoms with E-state index in [0.717, 1.165) is 28.4 Å². The Bertz CT molecular complexity index is 1360. The fourth-order valence-corrected chi connectivity index (χ4v) is 5.58. The lowest BCUT2D eigenvalue weighted by atomic mass is 9.65. The quantitative estimate of drug-likeness (QED) is 0.373. The summed E-state index contributed by atoms with van der Waals surface area (Å²) in [6.07, 6.45) is 2.92. The molecule has 0 aliphatic carbocycles. The molecule has 3 aromatic rings. The largest absolute Gasteiger partial charge is 0.369 e. The number of hydrogen-bond acceptors (Lipinski definition) is 3. The van der Waals surface area contributed by atoms with Crippen molar-refractivity contribution in [1.29, 1.82) is 0 Å². The highest BCUT2D eigenvalue weighted by Crippen LogP contribution is 2.50. The molecule has 2 aliphatic heterocycles. The van der Waals surface area contributed by atoms with Crippen molar-refractivity contribution in [3.05, 3.63) is 100 Å². The molecule has 0 spiro atoms. The van der Waals surface area contributed by atoms with Crippen LogP contribution in [0.4, 0.5) is 11.4 Å². The van der Waals surface area contributed by atoms with Gasteiger partial charge in [0, 0.05) is 28.7 Å². The highest BCUT2D eigenvalue weighted by molar-refractivity contribution is 6.32. The maximum atomic E-state index is 13.2. The van der Waals surface area contributed by atoms with E-state index in [1.54, 1.807) is 0 Å². The predicted molar refractivity (Wildman–Crippen MR) is 146 cm³/mol. The highest BCUT2D eigenvalue weighted by atomic mass is 35.5. The Hall–Kier alpha value is -3.37. The van der Waals surface area contributed by atoms with Gasteiger partial charge >= 0.3 is 0 Å². The Morgan fingerprint density at radius 1 is 0.971 bits per heavy atom. The second-order valence-electron chi connectivity index (χ2n) is 10.4. The molecule has 4 nitrogen and oxygen atoms in total. The number of nitrogens with zero attached hydrogens (tertiary/aromatic N) is 3. The third kappa shape index (κ3) is 3.96. The number of rotatable bonds is 3. The van der Waals surface area contributed by atoms with Crippen LogP contribution >= 0.6 is 11.6 Å². The number of anilines is 2. The van der Waals surface area contributed by atoms with E-state index >= 15 is 0 Å². The molecule has 0 saturated heterocycles. The molecule has 0 saturated carbocycles. The first-order valence-electron chi connectivity index (χ1n) is 11.9. The SMILES string of the molecule is CC1=NN(c2ccccc2)C(=O)C1=Cc1ccc2c(c1)C(C)(c1ccc(Cl)cc1)CC(C)(C)N2C. The van der Waals surface area contributed by atoms with Crippen LogP contribution in [0.5, 0.6) is 0 Å². The van der Waals surface area contributed by atoms with Gasteiger partial charge < -0.3 is 4.90 Å². The van der Waals surface area contributed by atoms with Crippen molar-refractivity contribution >= 4 is 40.7 Å². The van der Waals surface area contributed by atoms with Gasteiger partial charge in [-0.3, -0.25) is 4.79 Å². The van der Waals surface area contributed by atoms with Crippen LogP contribution in [0.2, 0.25) is 5.02 Å². The van der Waals surface area contributed by atoms with E-state index in [1.807, 2.05) is 55.5 Å². The van der Waals surface area contributed by atoms with Crippen molar-refractivity contribution in [2.45, 2.75) is 45.1 Å². The normalized spacial score (nSPS) is 22.4. The summed E-state index contributed by atoms with van der Waals surface area (Å²) in [4.78, 5) is 15.6. The average molecular weight is 484 g/mol. The van der Waals surface area contributed by atoms with Crippen molar-refractivity contribution in [3.63, 3.8) is 0 Å². The molecule has 2 heterocycles. The summed E-state index contributed by atoms with van der Waals surface area (Å²) >= 11 is 6.22. The van der Waals surface area contributed by atoms with Gasteiger partial charge in [-0.25, -0.2) is 0 Å². The minimum atomic E-state index is -0.205. The molecule has 5 rings (SSSR count). The number of hydrogen-bond donors (Lipinski definition) is 0. The number of carbonyl (C=O) groups is 1. The smallest absolute Gasteiger partial charge is 0.280 e. The highest BCUT2D eigenvalue weighted by Gasteiger charge is 2.44. The molecule has 5 heteroatoms. The van der Waals surface area contributed by atoms with Gasteiger partial charge in [-0.15, -0.1) is 0 Å². The fourth-order valence-electron chi connectivity index (χ4n) is 5.45. The monoisotopic (exact) mass is 483 g/mol. The molecule has 0 fully saturated rings. The Morgan fingerprint density at radius 3 is 2.34 bits per heavy atom. The van der Waals surface area contributed by atoms with E-state index in [4.69, 9.17) is 11.6 Å². The summed E-state index contributed by atoms with van der Waals surface area (Å²) in [6, 6.07) is 24.2. The molecule has 1 atom stereocenters. The van der Waals surface area contributed by atoms with Gasteiger partial charge in [0.2, 0.25) is 0 Å². The van der Waals surface area contributed by atoms with Crippen molar-refractivity contribution in [2.75, 3.05) is 17.0 Å². The summed E-state index contributed by atoms with van der Waals surface area (Å²) in [5.41, 5.74) is 6.55. The molecular formula is C30H30ClN3O. The van der Waals surface area contributed by atoms with E-state index in [2.05, 4.69) is 68.2 Å². The zero-order chi connectivity index (χ0) is 25.0. The lowest BCUT2D eigenvalue weighted by Gasteiger charge is -2.51. The van der Waals surface area contributed by atoms with Gasteiger partial charge in [0.15, 0.2) is 0 Å². The van der Waals surface area contributed by atoms with E-state index in [0.29, 0.717) is 5.57 Å². The minimum Gasteiger partial charge on any atom is -0.369 e. The lowest BCUT2D eigenvalue weighted by Crippen LogP contribution is -2.51. The van der Waals surface area contributed by atoms with Crippen molar-refractivity contribution in [3.8, 4) is 0 Å². The molecule has 1 amide bonds. The number of fused-ring (bicyclic) bond motifs is 1. The van der Waals surface area contributed by atoms with Crippen LogP contribution in [0.1, 0.15) is 50.8 Å². The van der Waals surface area contributed by atoms with Crippen LogP contribution in [-0.2, 0) is 10.2 Å². The number of carbonyl (C=O) groups excluding carboxylic acids is 1. The first-order valence-corrected chi connectivity index (χ1v) is 12.3. The van der Waals surface area contributed by atoms with E-state index in [1.165, 1.54) is 21.8 Å². The average Bonchev–Trinajstić information content (AvgIpc) is 3.12. The molecule has 178 valence electrons. The third-order valence-electron chi connectivity index (χ3n) is 7.53. The Labute approximate surface area is 212 Å². The predicted octanol–water partition coefficient (Wildman–Crippen LogP) is 7.07. The molecule has 2 aliphatic rings. The second-order valence-corrected chi connectivity index (χ2v) is 10.8. The number of benzene rings is 3. The van der Waals surface area contributed by atoms with Crippen molar-refractivity contribution < 1.29 is 4.79 Å². The maximum absolute atomic E-state index is 13.2. The van der Waals surface area contributed by atoms with Gasteiger partial charge in [0.1, 0.15) is 0 Å². The van der Waals surface area contributed by atoms with Gasteiger partial charge in [0.05, 0.1) is 17.0 Å². The lowest BCUT2D eigenvalue weighted by molar-refractivity contribution is -0.114. The summed E-state index contributed by atoms with van der Waals surface area (Å²) in [7, 11) is 2.16. The van der Waals surface area contributed by atoms with Gasteiger partial charge in [-0.2, -0.15) is 10.1 Å². The molecule has 0 radical (unpaired) electrons. The summed E-state index contributed by atoms with van der Waals surface area (Å²) < 4.78 is 0. The second kappa shape index (κ2) is 8.39. The van der Waals surface area contributed by atoms with E-state index in [9.17, 15) is 4.79 Å². The summed E-state index contributed by atoms with van der Waals surface area (Å²) in [6.45, 7) is 8.77. The number of halogens is 1. The van der Waals surface area contributed by atoms with Crippen LogP contribution < -0.4 is 9.91 Å². The first kappa shape index (κ1) is 23.4. The third-order valence-corrected chi connectivity index (χ3v) is 7.78. The first-order chi connectivity index (χ1) is 16.6. The standard InChI is InChI=1S/C30H30ClN3O/c1-20-25(28(35)34(32-20)24-9-7-6-8-10-24)17-21-11-16-27-26(18-21)30(4,19-29(2,3)33(27)5)22-12-14-23(31)15-13-22/h6-18H,19H2,1-5H3. The van der Waals surface area contributed by atoms with Crippen molar-refractivity contribution in [2.24, 2.45) is 5.10 Å². The van der Waals surface area contributed by atoms with Crippen LogP contribution in [0.3, 0.4) is 0 Å². The zero-order valence-corrected chi connectivity index (χ0v) is 21.6. The molecule has 0 N–H and O–H groups in total. The van der Waals surface area contributed by atoms with Gasteiger partial charge in [-0.05, 0) is 86.4 Å².